The molecular weight excluding hydrogens is 244 g/mol. The first kappa shape index (κ1) is 13.1. The fourth-order valence-corrected chi connectivity index (χ4v) is 6.65. The fraction of sp³-hybridized carbons (Fsp3) is 0.842. The molecule has 0 aromatic heterocycles. The Hall–Kier alpha value is -0.590. The van der Waals surface area contributed by atoms with Crippen molar-refractivity contribution in [3.63, 3.8) is 0 Å². The zero-order chi connectivity index (χ0) is 14.0. The van der Waals surface area contributed by atoms with Crippen LogP contribution in [0.25, 0.3) is 0 Å². The lowest BCUT2D eigenvalue weighted by molar-refractivity contribution is -0.147. The third-order valence-corrected chi connectivity index (χ3v) is 7.78. The highest BCUT2D eigenvalue weighted by atomic mass is 16.1. The predicted molar refractivity (Wildman–Crippen MR) is 81.3 cm³/mol. The number of Topliss-reactive ketones (excluding diaryl/α,β-unsaturated/α-hetero) is 1. The maximum atomic E-state index is 12.7. The molecular formula is C19H28O. The van der Waals surface area contributed by atoms with Crippen molar-refractivity contribution >= 4 is 5.78 Å². The number of hydrogen-bond acceptors (Lipinski definition) is 1. The van der Waals surface area contributed by atoms with Gasteiger partial charge in [-0.3, -0.25) is 4.79 Å². The highest BCUT2D eigenvalue weighted by molar-refractivity contribution is 5.83. The number of carbonyl (C=O) groups is 1. The highest BCUT2D eigenvalue weighted by Gasteiger charge is 2.58. The monoisotopic (exact) mass is 272 g/mol. The lowest BCUT2D eigenvalue weighted by Gasteiger charge is -2.58. The number of rotatable bonds is 0. The Morgan fingerprint density at radius 1 is 1.10 bits per heavy atom. The summed E-state index contributed by atoms with van der Waals surface area (Å²) in [5.74, 6) is 3.28. The van der Waals surface area contributed by atoms with Crippen molar-refractivity contribution in [3.05, 3.63) is 12.2 Å². The summed E-state index contributed by atoms with van der Waals surface area (Å²) in [5.41, 5.74) is 0.841. The smallest absolute Gasteiger partial charge is 0.137 e. The number of allylic oxidation sites excluding steroid dienone is 2. The van der Waals surface area contributed by atoms with E-state index in [1.807, 2.05) is 0 Å². The van der Waals surface area contributed by atoms with E-state index in [9.17, 15) is 4.79 Å². The second-order valence-electron chi connectivity index (χ2n) is 8.60. The highest BCUT2D eigenvalue weighted by Crippen LogP contribution is 2.64. The molecule has 1 nitrogen and oxygen atoms in total. The molecule has 110 valence electrons. The van der Waals surface area contributed by atoms with Crippen LogP contribution in [0.2, 0.25) is 0 Å². The zero-order valence-electron chi connectivity index (χ0n) is 13.0. The van der Waals surface area contributed by atoms with Crippen LogP contribution < -0.4 is 0 Å². The van der Waals surface area contributed by atoms with Gasteiger partial charge in [0.05, 0.1) is 0 Å². The first-order valence-corrected chi connectivity index (χ1v) is 8.72. The van der Waals surface area contributed by atoms with Gasteiger partial charge in [-0.2, -0.15) is 0 Å². The van der Waals surface area contributed by atoms with E-state index in [2.05, 4.69) is 26.0 Å². The molecule has 0 amide bonds. The van der Waals surface area contributed by atoms with Crippen LogP contribution in [-0.4, -0.2) is 5.78 Å². The molecule has 4 aliphatic rings. The van der Waals surface area contributed by atoms with Gasteiger partial charge < -0.3 is 0 Å². The third-order valence-electron chi connectivity index (χ3n) is 7.78. The molecule has 0 heterocycles. The average molecular weight is 272 g/mol. The van der Waals surface area contributed by atoms with Gasteiger partial charge >= 0.3 is 0 Å². The molecule has 0 aliphatic heterocycles. The van der Waals surface area contributed by atoms with E-state index in [1.165, 1.54) is 32.1 Å². The SMILES string of the molecule is C[C@@]12CCC[C@H]1[C@@H]1CC(=O)[C@H]3CC=CC[C@]3(C)[C@H]1CC2. The molecule has 0 radical (unpaired) electrons. The molecule has 0 aromatic carbocycles. The fourth-order valence-electron chi connectivity index (χ4n) is 6.65. The molecule has 0 spiro atoms. The maximum absolute atomic E-state index is 12.7. The van der Waals surface area contributed by atoms with Crippen LogP contribution in [-0.2, 0) is 4.79 Å². The predicted octanol–water partition coefficient (Wildman–Crippen LogP) is 4.76. The lowest BCUT2D eigenvalue weighted by atomic mass is 9.46. The molecule has 0 aromatic rings. The Labute approximate surface area is 123 Å². The summed E-state index contributed by atoms with van der Waals surface area (Å²) in [7, 11) is 0. The van der Waals surface area contributed by atoms with Gasteiger partial charge in [-0.1, -0.05) is 32.4 Å². The lowest BCUT2D eigenvalue weighted by Crippen LogP contribution is -2.54. The summed E-state index contributed by atoms with van der Waals surface area (Å²) in [4.78, 5) is 12.7. The Bertz CT molecular complexity index is 464. The Morgan fingerprint density at radius 2 is 1.95 bits per heavy atom. The van der Waals surface area contributed by atoms with E-state index in [1.54, 1.807) is 0 Å². The van der Waals surface area contributed by atoms with Crippen molar-refractivity contribution in [2.24, 2.45) is 34.5 Å². The van der Waals surface area contributed by atoms with E-state index in [0.717, 1.165) is 31.1 Å². The van der Waals surface area contributed by atoms with Crippen LogP contribution >= 0.6 is 0 Å². The number of carbonyl (C=O) groups excluding carboxylic acids is 1. The van der Waals surface area contributed by atoms with Gasteiger partial charge in [-0.15, -0.1) is 0 Å². The van der Waals surface area contributed by atoms with Crippen LogP contribution in [0.3, 0.4) is 0 Å². The first-order chi connectivity index (χ1) is 9.55. The molecule has 1 heteroatoms. The summed E-state index contributed by atoms with van der Waals surface area (Å²) in [6, 6.07) is 0. The zero-order valence-corrected chi connectivity index (χ0v) is 13.0. The molecule has 0 bridgehead atoms. The Morgan fingerprint density at radius 3 is 2.80 bits per heavy atom. The van der Waals surface area contributed by atoms with Crippen LogP contribution in [0.15, 0.2) is 12.2 Å². The second kappa shape index (κ2) is 4.21. The minimum absolute atomic E-state index is 0.276. The largest absolute Gasteiger partial charge is 0.299 e. The maximum Gasteiger partial charge on any atom is 0.137 e. The number of hydrogen-bond donors (Lipinski definition) is 0. The van der Waals surface area contributed by atoms with E-state index >= 15 is 0 Å². The molecule has 4 aliphatic carbocycles. The van der Waals surface area contributed by atoms with Gasteiger partial charge in [0.1, 0.15) is 5.78 Å². The van der Waals surface area contributed by atoms with Crippen molar-refractivity contribution in [3.8, 4) is 0 Å². The standard InChI is InChI=1S/C19H28O/c1-18-9-5-7-14(18)13-12-17(20)16-6-3-4-10-19(16,2)15(13)8-11-18/h3-4,13-16H,5-12H2,1-2H3/t13-,14-,15-,16+,18-,19+/m0/s1. The van der Waals surface area contributed by atoms with E-state index in [-0.39, 0.29) is 5.41 Å². The van der Waals surface area contributed by atoms with Crippen LogP contribution in [0.4, 0.5) is 0 Å². The van der Waals surface area contributed by atoms with Gasteiger partial charge in [-0.05, 0) is 67.1 Å². The minimum Gasteiger partial charge on any atom is -0.299 e. The molecule has 0 unspecified atom stereocenters. The van der Waals surface area contributed by atoms with Crippen molar-refractivity contribution in [2.45, 2.75) is 65.2 Å². The van der Waals surface area contributed by atoms with Gasteiger partial charge in [0.2, 0.25) is 0 Å². The quantitative estimate of drug-likeness (QED) is 0.581. The average Bonchev–Trinajstić information content (AvgIpc) is 2.81. The third kappa shape index (κ3) is 1.58. The molecule has 6 atom stereocenters. The topological polar surface area (TPSA) is 17.1 Å². The van der Waals surface area contributed by atoms with Crippen LogP contribution in [0.1, 0.15) is 65.2 Å². The number of fused-ring (bicyclic) bond motifs is 5. The van der Waals surface area contributed by atoms with Crippen molar-refractivity contribution in [1.82, 2.24) is 0 Å². The Balaban J connectivity index is 1.72. The summed E-state index contributed by atoms with van der Waals surface area (Å²) in [5, 5.41) is 0. The summed E-state index contributed by atoms with van der Waals surface area (Å²) >= 11 is 0. The molecule has 0 saturated heterocycles. The first-order valence-electron chi connectivity index (χ1n) is 8.72. The summed E-state index contributed by atoms with van der Waals surface area (Å²) in [6.07, 6.45) is 14.7. The molecule has 0 N–H and O–H groups in total. The Kier molecular flexibility index (Phi) is 2.76. The molecule has 4 rings (SSSR count). The minimum atomic E-state index is 0.276. The van der Waals surface area contributed by atoms with Crippen molar-refractivity contribution in [1.29, 1.82) is 0 Å². The van der Waals surface area contributed by atoms with Gasteiger partial charge in [0, 0.05) is 12.3 Å². The summed E-state index contributed by atoms with van der Waals surface area (Å²) in [6.45, 7) is 4.95. The molecule has 3 saturated carbocycles. The van der Waals surface area contributed by atoms with Gasteiger partial charge in [0.25, 0.3) is 0 Å². The van der Waals surface area contributed by atoms with Gasteiger partial charge in [0.15, 0.2) is 0 Å². The molecule has 20 heavy (non-hydrogen) atoms. The number of ketones is 1. The van der Waals surface area contributed by atoms with Crippen LogP contribution in [0.5, 0.6) is 0 Å². The van der Waals surface area contributed by atoms with Gasteiger partial charge in [-0.25, -0.2) is 0 Å². The van der Waals surface area contributed by atoms with Crippen molar-refractivity contribution in [2.75, 3.05) is 0 Å². The van der Waals surface area contributed by atoms with Crippen LogP contribution in [0, 0.1) is 34.5 Å². The molecule has 3 fully saturated rings. The normalized spacial score (nSPS) is 54.2. The van der Waals surface area contributed by atoms with E-state index in [0.29, 0.717) is 23.0 Å². The van der Waals surface area contributed by atoms with E-state index < -0.39 is 0 Å². The van der Waals surface area contributed by atoms with E-state index in [4.69, 9.17) is 0 Å². The van der Waals surface area contributed by atoms with Crippen molar-refractivity contribution < 1.29 is 4.79 Å². The summed E-state index contributed by atoms with van der Waals surface area (Å²) < 4.78 is 0. The second-order valence-corrected chi connectivity index (χ2v) is 8.60.